The summed E-state index contributed by atoms with van der Waals surface area (Å²) >= 11 is 0. The van der Waals surface area contributed by atoms with Gasteiger partial charge in [0.05, 0.1) is 6.61 Å². The van der Waals surface area contributed by atoms with E-state index in [-0.39, 0.29) is 12.6 Å². The molecule has 1 unspecified atom stereocenters. The molecule has 0 aromatic carbocycles. The minimum atomic E-state index is -0.0125. The molecule has 0 amide bonds. The molecule has 4 nitrogen and oxygen atoms in total. The summed E-state index contributed by atoms with van der Waals surface area (Å²) in [7, 11) is 0. The minimum Gasteiger partial charge on any atom is -0.395 e. The van der Waals surface area contributed by atoms with Crippen LogP contribution in [0.2, 0.25) is 0 Å². The fourth-order valence-corrected chi connectivity index (χ4v) is 1.47. The van der Waals surface area contributed by atoms with E-state index < -0.39 is 0 Å². The lowest BCUT2D eigenvalue weighted by Gasteiger charge is -2.21. The van der Waals surface area contributed by atoms with Gasteiger partial charge in [0.15, 0.2) is 0 Å². The molecule has 1 atom stereocenters. The fourth-order valence-electron chi connectivity index (χ4n) is 1.47. The first-order valence-corrected chi connectivity index (χ1v) is 5.37. The molecule has 0 aliphatic carbocycles. The standard InChI is InChI=1S/C12H19N3O/c1-3-6-15(7-8-16)12-9-11(10(2)13)4-5-14-12/h3-5,9-10,16H,1,6-8,13H2,2H3. The highest BCUT2D eigenvalue weighted by molar-refractivity contribution is 5.42. The second kappa shape index (κ2) is 6.25. The first-order valence-electron chi connectivity index (χ1n) is 5.37. The third-order valence-corrected chi connectivity index (χ3v) is 2.34. The van der Waals surface area contributed by atoms with Gasteiger partial charge in [0.2, 0.25) is 0 Å². The molecular weight excluding hydrogens is 202 g/mol. The van der Waals surface area contributed by atoms with E-state index in [0.717, 1.165) is 11.4 Å². The molecule has 0 radical (unpaired) electrons. The first-order chi connectivity index (χ1) is 7.69. The smallest absolute Gasteiger partial charge is 0.129 e. The van der Waals surface area contributed by atoms with Gasteiger partial charge in [0.25, 0.3) is 0 Å². The zero-order valence-corrected chi connectivity index (χ0v) is 9.63. The topological polar surface area (TPSA) is 62.4 Å². The molecule has 3 N–H and O–H groups in total. The summed E-state index contributed by atoms with van der Waals surface area (Å²) in [6.07, 6.45) is 3.53. The number of nitrogens with two attached hydrogens (primary N) is 1. The molecule has 0 fully saturated rings. The van der Waals surface area contributed by atoms with Gasteiger partial charge in [-0.2, -0.15) is 0 Å². The third kappa shape index (κ3) is 3.32. The van der Waals surface area contributed by atoms with Crippen molar-refractivity contribution in [3.05, 3.63) is 36.5 Å². The van der Waals surface area contributed by atoms with Gasteiger partial charge in [-0.25, -0.2) is 4.98 Å². The second-order valence-electron chi connectivity index (χ2n) is 3.69. The van der Waals surface area contributed by atoms with Gasteiger partial charge in [-0.15, -0.1) is 6.58 Å². The lowest BCUT2D eigenvalue weighted by Crippen LogP contribution is -2.27. The molecule has 0 aliphatic heterocycles. The number of rotatable bonds is 6. The summed E-state index contributed by atoms with van der Waals surface area (Å²) in [5, 5.41) is 8.97. The normalized spacial score (nSPS) is 12.2. The maximum Gasteiger partial charge on any atom is 0.129 e. The van der Waals surface area contributed by atoms with Crippen molar-refractivity contribution in [2.75, 3.05) is 24.6 Å². The fraction of sp³-hybridized carbons (Fsp3) is 0.417. The Morgan fingerprint density at radius 2 is 2.44 bits per heavy atom. The number of pyridine rings is 1. The zero-order chi connectivity index (χ0) is 12.0. The molecule has 0 aliphatic rings. The van der Waals surface area contributed by atoms with Crippen molar-refractivity contribution >= 4 is 5.82 Å². The molecule has 16 heavy (non-hydrogen) atoms. The van der Waals surface area contributed by atoms with Gasteiger partial charge < -0.3 is 15.7 Å². The molecule has 1 heterocycles. The first kappa shape index (κ1) is 12.7. The van der Waals surface area contributed by atoms with Crippen LogP contribution in [0.15, 0.2) is 31.0 Å². The van der Waals surface area contributed by atoms with E-state index in [4.69, 9.17) is 10.8 Å². The van der Waals surface area contributed by atoms with E-state index in [9.17, 15) is 0 Å². The summed E-state index contributed by atoms with van der Waals surface area (Å²) in [6, 6.07) is 3.84. The van der Waals surface area contributed by atoms with Crippen molar-refractivity contribution in [3.8, 4) is 0 Å². The number of hydrogen-bond donors (Lipinski definition) is 2. The predicted octanol–water partition coefficient (Wildman–Crippen LogP) is 1.09. The van der Waals surface area contributed by atoms with Crippen molar-refractivity contribution in [1.82, 2.24) is 4.98 Å². The van der Waals surface area contributed by atoms with Crippen LogP contribution in [0.25, 0.3) is 0 Å². The Morgan fingerprint density at radius 3 is 3.00 bits per heavy atom. The molecule has 1 aromatic rings. The van der Waals surface area contributed by atoms with Crippen molar-refractivity contribution in [2.24, 2.45) is 5.73 Å². The van der Waals surface area contributed by atoms with Gasteiger partial charge in [-0.1, -0.05) is 6.08 Å². The van der Waals surface area contributed by atoms with Crippen LogP contribution < -0.4 is 10.6 Å². The second-order valence-corrected chi connectivity index (χ2v) is 3.69. The Labute approximate surface area is 96.4 Å². The average molecular weight is 221 g/mol. The Balaban J connectivity index is 2.90. The van der Waals surface area contributed by atoms with Crippen molar-refractivity contribution in [1.29, 1.82) is 0 Å². The lowest BCUT2D eigenvalue weighted by atomic mass is 10.1. The summed E-state index contributed by atoms with van der Waals surface area (Å²) in [5.41, 5.74) is 6.85. The SMILES string of the molecule is C=CCN(CCO)c1cc(C(C)N)ccn1. The van der Waals surface area contributed by atoms with Gasteiger partial charge in [0.1, 0.15) is 5.82 Å². The van der Waals surface area contributed by atoms with Crippen LogP contribution in [-0.4, -0.2) is 29.8 Å². The maximum atomic E-state index is 8.97. The predicted molar refractivity (Wildman–Crippen MR) is 66.3 cm³/mol. The van der Waals surface area contributed by atoms with Crippen LogP contribution in [0.4, 0.5) is 5.82 Å². The number of aliphatic hydroxyl groups is 1. The molecule has 1 rings (SSSR count). The van der Waals surface area contributed by atoms with Gasteiger partial charge in [-0.05, 0) is 24.6 Å². The lowest BCUT2D eigenvalue weighted by molar-refractivity contribution is 0.302. The van der Waals surface area contributed by atoms with Crippen LogP contribution in [0.1, 0.15) is 18.5 Å². The van der Waals surface area contributed by atoms with E-state index in [0.29, 0.717) is 13.1 Å². The Bertz CT molecular complexity index is 339. The van der Waals surface area contributed by atoms with Gasteiger partial charge in [0, 0.05) is 25.3 Å². The number of aliphatic hydroxyl groups excluding tert-OH is 1. The van der Waals surface area contributed by atoms with Gasteiger partial charge >= 0.3 is 0 Å². The van der Waals surface area contributed by atoms with E-state index in [2.05, 4.69) is 11.6 Å². The highest BCUT2D eigenvalue weighted by atomic mass is 16.3. The van der Waals surface area contributed by atoms with Gasteiger partial charge in [-0.3, -0.25) is 0 Å². The molecule has 0 bridgehead atoms. The minimum absolute atomic E-state index is 0.0125. The van der Waals surface area contributed by atoms with Crippen molar-refractivity contribution < 1.29 is 5.11 Å². The summed E-state index contributed by atoms with van der Waals surface area (Å²) in [6.45, 7) is 6.92. The number of hydrogen-bond acceptors (Lipinski definition) is 4. The molecule has 0 spiro atoms. The molecule has 88 valence electrons. The van der Waals surface area contributed by atoms with E-state index >= 15 is 0 Å². The highest BCUT2D eigenvalue weighted by Gasteiger charge is 2.07. The molecule has 1 aromatic heterocycles. The van der Waals surface area contributed by atoms with E-state index in [1.165, 1.54) is 0 Å². The molecule has 0 saturated carbocycles. The highest BCUT2D eigenvalue weighted by Crippen LogP contribution is 2.16. The quantitative estimate of drug-likeness (QED) is 0.706. The number of anilines is 1. The molecule has 0 saturated heterocycles. The number of nitrogens with zero attached hydrogens (tertiary/aromatic N) is 2. The molecule has 4 heteroatoms. The summed E-state index contributed by atoms with van der Waals surface area (Å²) in [5.74, 6) is 0.823. The van der Waals surface area contributed by atoms with E-state index in [1.807, 2.05) is 24.0 Å². The van der Waals surface area contributed by atoms with Crippen LogP contribution in [0, 0.1) is 0 Å². The summed E-state index contributed by atoms with van der Waals surface area (Å²) < 4.78 is 0. The Hall–Kier alpha value is -1.39. The Kier molecular flexibility index (Phi) is 4.95. The molecular formula is C12H19N3O. The van der Waals surface area contributed by atoms with Crippen LogP contribution in [-0.2, 0) is 0 Å². The monoisotopic (exact) mass is 221 g/mol. The third-order valence-electron chi connectivity index (χ3n) is 2.34. The van der Waals surface area contributed by atoms with Crippen LogP contribution in [0.3, 0.4) is 0 Å². The summed E-state index contributed by atoms with van der Waals surface area (Å²) in [4.78, 5) is 6.23. The van der Waals surface area contributed by atoms with Crippen LogP contribution >= 0.6 is 0 Å². The largest absolute Gasteiger partial charge is 0.395 e. The maximum absolute atomic E-state index is 8.97. The Morgan fingerprint density at radius 1 is 1.69 bits per heavy atom. The van der Waals surface area contributed by atoms with Crippen molar-refractivity contribution in [2.45, 2.75) is 13.0 Å². The number of aromatic nitrogens is 1. The average Bonchev–Trinajstić information content (AvgIpc) is 2.29. The van der Waals surface area contributed by atoms with Crippen LogP contribution in [0.5, 0.6) is 0 Å². The van der Waals surface area contributed by atoms with Crippen molar-refractivity contribution in [3.63, 3.8) is 0 Å². The van der Waals surface area contributed by atoms with E-state index in [1.54, 1.807) is 12.3 Å². The zero-order valence-electron chi connectivity index (χ0n) is 9.63.